The van der Waals surface area contributed by atoms with Crippen molar-refractivity contribution >= 4 is 29.0 Å². The lowest BCUT2D eigenvalue weighted by Crippen LogP contribution is -2.25. The van der Waals surface area contributed by atoms with Crippen molar-refractivity contribution in [2.75, 3.05) is 37.9 Å². The summed E-state index contributed by atoms with van der Waals surface area (Å²) in [6, 6.07) is 10.6. The number of hydrogen-bond donors (Lipinski definition) is 2. The maximum absolute atomic E-state index is 12.9. The van der Waals surface area contributed by atoms with Gasteiger partial charge in [-0.15, -0.1) is 11.8 Å². The molecule has 2 aromatic rings. The van der Waals surface area contributed by atoms with Crippen molar-refractivity contribution < 1.29 is 18.8 Å². The predicted molar refractivity (Wildman–Crippen MR) is 108 cm³/mol. The minimum Gasteiger partial charge on any atom is -0.383 e. The first-order valence-corrected chi connectivity index (χ1v) is 9.67. The molecule has 7 nitrogen and oxygen atoms in total. The van der Waals surface area contributed by atoms with Crippen LogP contribution in [-0.2, 0) is 4.74 Å². The summed E-state index contributed by atoms with van der Waals surface area (Å²) in [7, 11) is 1.54. The highest BCUT2D eigenvalue weighted by molar-refractivity contribution is 7.99. The lowest BCUT2D eigenvalue weighted by molar-refractivity contribution is -0.384. The molecule has 0 atom stereocenters. The minimum absolute atomic E-state index is 0.157. The summed E-state index contributed by atoms with van der Waals surface area (Å²) in [5.41, 5.74) is 0.417. The number of nitro benzene ring substituents is 1. The molecule has 0 radical (unpaired) electrons. The van der Waals surface area contributed by atoms with E-state index in [2.05, 4.69) is 10.6 Å². The van der Waals surface area contributed by atoms with Crippen molar-refractivity contribution in [1.82, 2.24) is 5.32 Å². The standard InChI is InChI=1S/C19H22FN3O4S/c1-27-11-10-21-17-8-3-14(13-18(17)23(25)26)19(24)22-9-2-12-28-16-6-4-15(20)5-7-16/h3-8,13,21H,2,9-12H2,1H3,(H,22,24). The molecule has 0 aromatic heterocycles. The molecule has 0 saturated carbocycles. The van der Waals surface area contributed by atoms with E-state index < -0.39 is 4.92 Å². The van der Waals surface area contributed by atoms with Crippen LogP contribution in [0.2, 0.25) is 0 Å². The van der Waals surface area contributed by atoms with Crippen LogP contribution in [0.3, 0.4) is 0 Å². The summed E-state index contributed by atoms with van der Waals surface area (Å²) in [4.78, 5) is 23.9. The molecule has 2 rings (SSSR count). The number of thioether (sulfide) groups is 1. The Balaban J connectivity index is 1.83. The van der Waals surface area contributed by atoms with Gasteiger partial charge in [0.25, 0.3) is 11.6 Å². The average molecular weight is 407 g/mol. The van der Waals surface area contributed by atoms with E-state index in [1.165, 1.54) is 24.3 Å². The summed E-state index contributed by atoms with van der Waals surface area (Å²) in [6.07, 6.45) is 0.715. The highest BCUT2D eigenvalue weighted by atomic mass is 32.2. The number of nitrogens with zero attached hydrogens (tertiary/aromatic N) is 1. The first kappa shape index (κ1) is 21.6. The van der Waals surface area contributed by atoms with Gasteiger partial charge in [-0.2, -0.15) is 0 Å². The van der Waals surface area contributed by atoms with Crippen LogP contribution in [-0.4, -0.2) is 43.4 Å². The van der Waals surface area contributed by atoms with Crippen molar-refractivity contribution in [1.29, 1.82) is 0 Å². The molecule has 28 heavy (non-hydrogen) atoms. The van der Waals surface area contributed by atoms with Gasteiger partial charge in [0, 0.05) is 36.7 Å². The number of anilines is 1. The molecule has 1 amide bonds. The number of halogens is 1. The highest BCUT2D eigenvalue weighted by Crippen LogP contribution is 2.25. The highest BCUT2D eigenvalue weighted by Gasteiger charge is 2.17. The van der Waals surface area contributed by atoms with Gasteiger partial charge in [-0.05, 0) is 48.6 Å². The lowest BCUT2D eigenvalue weighted by atomic mass is 10.1. The third-order valence-corrected chi connectivity index (χ3v) is 4.87. The number of benzene rings is 2. The normalized spacial score (nSPS) is 10.5. The monoisotopic (exact) mass is 407 g/mol. The Hall–Kier alpha value is -2.65. The number of ether oxygens (including phenoxy) is 1. The fraction of sp³-hybridized carbons (Fsp3) is 0.316. The molecular formula is C19H22FN3O4S. The molecule has 150 valence electrons. The number of nitrogens with one attached hydrogen (secondary N) is 2. The van der Waals surface area contributed by atoms with Crippen molar-refractivity contribution in [3.8, 4) is 0 Å². The summed E-state index contributed by atoms with van der Waals surface area (Å²) < 4.78 is 17.8. The van der Waals surface area contributed by atoms with Gasteiger partial charge in [0.2, 0.25) is 0 Å². The van der Waals surface area contributed by atoms with E-state index in [9.17, 15) is 19.3 Å². The topological polar surface area (TPSA) is 93.5 Å². The minimum atomic E-state index is -0.523. The Morgan fingerprint density at radius 1 is 1.21 bits per heavy atom. The van der Waals surface area contributed by atoms with Crippen LogP contribution in [0.1, 0.15) is 16.8 Å². The van der Waals surface area contributed by atoms with Crippen LogP contribution >= 0.6 is 11.8 Å². The maximum Gasteiger partial charge on any atom is 0.293 e. The van der Waals surface area contributed by atoms with Gasteiger partial charge in [0.05, 0.1) is 11.5 Å². The Bertz CT molecular complexity index is 802. The molecule has 0 aliphatic carbocycles. The van der Waals surface area contributed by atoms with Crippen molar-refractivity contribution in [2.24, 2.45) is 0 Å². The van der Waals surface area contributed by atoms with Crippen LogP contribution in [0, 0.1) is 15.9 Å². The molecule has 9 heteroatoms. The van der Waals surface area contributed by atoms with E-state index in [4.69, 9.17) is 4.74 Å². The molecule has 0 aliphatic rings. The predicted octanol–water partition coefficient (Wildman–Crippen LogP) is 3.70. The lowest BCUT2D eigenvalue weighted by Gasteiger charge is -2.09. The number of rotatable bonds is 11. The number of hydrogen-bond acceptors (Lipinski definition) is 6. The molecular weight excluding hydrogens is 385 g/mol. The quantitative estimate of drug-likeness (QED) is 0.255. The molecule has 2 aromatic carbocycles. The number of carbonyl (C=O) groups excluding carboxylic acids is 1. The Kier molecular flexibility index (Phi) is 8.70. The Labute approximate surface area is 166 Å². The zero-order valence-electron chi connectivity index (χ0n) is 15.4. The van der Waals surface area contributed by atoms with Gasteiger partial charge in [0.1, 0.15) is 11.5 Å². The second-order valence-corrected chi connectivity index (χ2v) is 6.99. The molecule has 0 saturated heterocycles. The van der Waals surface area contributed by atoms with Crippen molar-refractivity contribution in [3.63, 3.8) is 0 Å². The molecule has 0 unspecified atom stereocenters. The zero-order chi connectivity index (χ0) is 20.4. The summed E-state index contributed by atoms with van der Waals surface area (Å²) in [5.74, 6) is 0.123. The van der Waals surface area contributed by atoms with E-state index in [1.54, 1.807) is 37.1 Å². The number of amides is 1. The van der Waals surface area contributed by atoms with E-state index in [0.29, 0.717) is 31.8 Å². The molecule has 2 N–H and O–H groups in total. The molecule has 0 heterocycles. The van der Waals surface area contributed by atoms with Gasteiger partial charge in [-0.3, -0.25) is 14.9 Å². The van der Waals surface area contributed by atoms with E-state index in [-0.39, 0.29) is 23.0 Å². The molecule has 0 aliphatic heterocycles. The average Bonchev–Trinajstić information content (AvgIpc) is 2.69. The van der Waals surface area contributed by atoms with Gasteiger partial charge in [0.15, 0.2) is 0 Å². The van der Waals surface area contributed by atoms with Crippen LogP contribution in [0.5, 0.6) is 0 Å². The first-order valence-electron chi connectivity index (χ1n) is 8.69. The Morgan fingerprint density at radius 2 is 1.96 bits per heavy atom. The maximum atomic E-state index is 12.9. The van der Waals surface area contributed by atoms with Gasteiger partial charge < -0.3 is 15.4 Å². The second-order valence-electron chi connectivity index (χ2n) is 5.82. The number of methoxy groups -OCH3 is 1. The van der Waals surface area contributed by atoms with E-state index in [0.717, 1.165) is 10.6 Å². The fourth-order valence-electron chi connectivity index (χ4n) is 2.36. The summed E-state index contributed by atoms with van der Waals surface area (Å²) >= 11 is 1.57. The third kappa shape index (κ3) is 6.82. The first-order chi connectivity index (χ1) is 13.5. The summed E-state index contributed by atoms with van der Waals surface area (Å²) in [5, 5.41) is 16.9. The smallest absolute Gasteiger partial charge is 0.293 e. The molecule has 0 bridgehead atoms. The van der Waals surface area contributed by atoms with Crippen molar-refractivity contribution in [2.45, 2.75) is 11.3 Å². The number of carbonyl (C=O) groups is 1. The second kappa shape index (κ2) is 11.3. The summed E-state index contributed by atoms with van der Waals surface area (Å²) in [6.45, 7) is 1.28. The molecule has 0 fully saturated rings. The fourth-order valence-corrected chi connectivity index (χ4v) is 3.21. The van der Waals surface area contributed by atoms with Gasteiger partial charge >= 0.3 is 0 Å². The number of nitro groups is 1. The van der Waals surface area contributed by atoms with Crippen LogP contribution in [0.15, 0.2) is 47.4 Å². The van der Waals surface area contributed by atoms with E-state index >= 15 is 0 Å². The van der Waals surface area contributed by atoms with Crippen LogP contribution < -0.4 is 10.6 Å². The van der Waals surface area contributed by atoms with E-state index in [1.807, 2.05) is 0 Å². The third-order valence-electron chi connectivity index (χ3n) is 3.77. The SMILES string of the molecule is COCCNc1ccc(C(=O)NCCCSc2ccc(F)cc2)cc1[N+](=O)[O-]. The van der Waals surface area contributed by atoms with Crippen LogP contribution in [0.25, 0.3) is 0 Å². The van der Waals surface area contributed by atoms with Gasteiger partial charge in [-0.25, -0.2) is 4.39 Å². The molecule has 0 spiro atoms. The Morgan fingerprint density at radius 3 is 2.64 bits per heavy atom. The zero-order valence-corrected chi connectivity index (χ0v) is 16.3. The van der Waals surface area contributed by atoms with Crippen molar-refractivity contribution in [3.05, 3.63) is 64.0 Å². The largest absolute Gasteiger partial charge is 0.383 e. The van der Waals surface area contributed by atoms with Gasteiger partial charge in [-0.1, -0.05) is 0 Å². The van der Waals surface area contributed by atoms with Crippen LogP contribution in [0.4, 0.5) is 15.8 Å².